The quantitative estimate of drug-likeness (QED) is 0.135. The van der Waals surface area contributed by atoms with Gasteiger partial charge in [0.1, 0.15) is 24.4 Å². The monoisotopic (exact) mass is 791 g/mol. The number of carbonyl (C=O) groups is 4. The zero-order valence-corrected chi connectivity index (χ0v) is 37.8. The molecular weight excluding hydrogens is 713 g/mol. The van der Waals surface area contributed by atoms with E-state index in [2.05, 4.69) is 132 Å². The van der Waals surface area contributed by atoms with Crippen LogP contribution in [0.5, 0.6) is 0 Å². The van der Waals surface area contributed by atoms with Crippen LogP contribution in [0.3, 0.4) is 0 Å². The number of rotatable bonds is 11. The predicted molar refractivity (Wildman–Crippen MR) is 218 cm³/mol. The number of nitrogens with one attached hydrogen (secondary N) is 4. The number of ether oxygens (including phenoxy) is 4. The molecule has 322 valence electrons. The molecule has 12 heteroatoms. The maximum absolute atomic E-state index is 14.6. The van der Waals surface area contributed by atoms with E-state index in [9.17, 15) is 19.2 Å². The Bertz CT molecular complexity index is 1290. The third-order valence-corrected chi connectivity index (χ3v) is 11.6. The highest BCUT2D eigenvalue weighted by Crippen LogP contribution is 2.37. The molecule has 0 saturated carbocycles. The molecule has 4 N–H and O–H groups in total. The van der Waals surface area contributed by atoms with Crippen molar-refractivity contribution < 1.29 is 38.1 Å². The van der Waals surface area contributed by atoms with Crippen LogP contribution in [-0.2, 0) is 38.1 Å². The molecular formula is C44H78N4O8. The molecule has 0 bridgehead atoms. The summed E-state index contributed by atoms with van der Waals surface area (Å²) in [5.74, 6) is -5.33. The van der Waals surface area contributed by atoms with Gasteiger partial charge >= 0.3 is 23.9 Å². The smallest absolute Gasteiger partial charge is 0.310 e. The second-order valence-electron chi connectivity index (χ2n) is 23.2. The van der Waals surface area contributed by atoms with Gasteiger partial charge in [0.15, 0.2) is 0 Å². The highest BCUT2D eigenvalue weighted by Gasteiger charge is 2.48. The Kier molecular flexibility index (Phi) is 13.3. The van der Waals surface area contributed by atoms with Gasteiger partial charge in [-0.3, -0.25) is 19.2 Å². The van der Waals surface area contributed by atoms with Gasteiger partial charge in [0.25, 0.3) is 0 Å². The van der Waals surface area contributed by atoms with E-state index < -0.39 is 73.0 Å². The van der Waals surface area contributed by atoms with Crippen molar-refractivity contribution in [2.75, 3.05) is 0 Å². The van der Waals surface area contributed by atoms with Gasteiger partial charge < -0.3 is 40.2 Å². The van der Waals surface area contributed by atoms with Crippen LogP contribution >= 0.6 is 0 Å². The number of esters is 4. The molecule has 4 saturated heterocycles. The Balaban J connectivity index is 1.68. The van der Waals surface area contributed by atoms with E-state index >= 15 is 0 Å². The Morgan fingerprint density at radius 3 is 0.750 bits per heavy atom. The van der Waals surface area contributed by atoms with Crippen molar-refractivity contribution in [2.24, 2.45) is 11.8 Å². The number of piperidine rings is 4. The van der Waals surface area contributed by atoms with Crippen molar-refractivity contribution in [1.29, 1.82) is 0 Å². The van der Waals surface area contributed by atoms with Crippen LogP contribution in [0.2, 0.25) is 0 Å². The molecule has 0 aliphatic carbocycles. The first-order valence-electron chi connectivity index (χ1n) is 21.1. The molecule has 0 radical (unpaired) electrons. The molecule has 0 aromatic heterocycles. The Labute approximate surface area is 338 Å². The van der Waals surface area contributed by atoms with E-state index in [0.29, 0.717) is 51.4 Å². The third-order valence-electron chi connectivity index (χ3n) is 11.6. The van der Waals surface area contributed by atoms with Crippen LogP contribution in [0.1, 0.15) is 175 Å². The van der Waals surface area contributed by atoms with Gasteiger partial charge in [-0.1, -0.05) is 0 Å². The van der Waals surface area contributed by atoms with Crippen molar-refractivity contribution in [3.63, 3.8) is 0 Å². The van der Waals surface area contributed by atoms with Gasteiger partial charge in [0.2, 0.25) is 0 Å². The minimum atomic E-state index is -1.34. The molecule has 12 nitrogen and oxygen atoms in total. The van der Waals surface area contributed by atoms with Crippen molar-refractivity contribution in [3.05, 3.63) is 0 Å². The summed E-state index contributed by atoms with van der Waals surface area (Å²) < 4.78 is 24.8. The van der Waals surface area contributed by atoms with Crippen LogP contribution < -0.4 is 21.3 Å². The lowest BCUT2D eigenvalue weighted by atomic mass is 9.80. The molecule has 0 spiro atoms. The molecule has 56 heavy (non-hydrogen) atoms. The summed E-state index contributed by atoms with van der Waals surface area (Å²) >= 11 is 0. The minimum absolute atomic E-state index is 0.288. The number of hydrogen-bond acceptors (Lipinski definition) is 12. The summed E-state index contributed by atoms with van der Waals surface area (Å²) in [5, 5.41) is 14.5. The average molecular weight is 791 g/mol. The fourth-order valence-corrected chi connectivity index (χ4v) is 11.4. The molecule has 0 aromatic rings. The van der Waals surface area contributed by atoms with Gasteiger partial charge in [-0.25, -0.2) is 0 Å². The van der Waals surface area contributed by atoms with Gasteiger partial charge in [-0.15, -0.1) is 0 Å². The summed E-state index contributed by atoms with van der Waals surface area (Å²) in [5.41, 5.74) is -2.47. The first kappa shape index (κ1) is 46.4. The van der Waals surface area contributed by atoms with Crippen LogP contribution in [0.4, 0.5) is 0 Å². The standard InChI is InChI=1S/C44H78N4O8/c1-37(2)19-27(20-38(3,4)45-37)53-33(49)17-31(35(51)55-29-23-41(9,10)47-42(11,12)24-29)32(36(52)56-30-25-43(13,14)48-44(15,16)26-30)18-34(50)54-28-21-39(5,6)46-40(7,8)22-28/h27-32,45-48H,17-26H2,1-16H3/t31-,32?/m1/s1. The average Bonchev–Trinajstić information content (AvgIpc) is 2.87. The molecule has 4 rings (SSSR count). The fourth-order valence-electron chi connectivity index (χ4n) is 11.4. The Morgan fingerprint density at radius 1 is 0.375 bits per heavy atom. The van der Waals surface area contributed by atoms with Crippen LogP contribution in [-0.4, -0.2) is 92.6 Å². The highest BCUT2D eigenvalue weighted by atomic mass is 16.6. The topological polar surface area (TPSA) is 153 Å². The van der Waals surface area contributed by atoms with Crippen molar-refractivity contribution in [2.45, 2.75) is 244 Å². The molecule has 4 fully saturated rings. The highest BCUT2D eigenvalue weighted by molar-refractivity contribution is 5.88. The van der Waals surface area contributed by atoms with Gasteiger partial charge in [0.05, 0.1) is 24.7 Å². The predicted octanol–water partition coefficient (Wildman–Crippen LogP) is 6.41. The van der Waals surface area contributed by atoms with Gasteiger partial charge in [-0.2, -0.15) is 0 Å². The Hall–Kier alpha value is -2.28. The van der Waals surface area contributed by atoms with Crippen molar-refractivity contribution >= 4 is 23.9 Å². The molecule has 2 atom stereocenters. The summed E-state index contributed by atoms with van der Waals surface area (Å²) in [6.07, 6.45) is 1.83. The minimum Gasteiger partial charge on any atom is -0.462 e. The third kappa shape index (κ3) is 13.9. The van der Waals surface area contributed by atoms with E-state index in [-0.39, 0.29) is 44.3 Å². The summed E-state index contributed by atoms with van der Waals surface area (Å²) in [6.45, 7) is 33.1. The first-order chi connectivity index (χ1) is 25.1. The van der Waals surface area contributed by atoms with Crippen molar-refractivity contribution in [1.82, 2.24) is 21.3 Å². The van der Waals surface area contributed by atoms with E-state index in [1.54, 1.807) is 0 Å². The van der Waals surface area contributed by atoms with Crippen LogP contribution in [0.15, 0.2) is 0 Å². The Morgan fingerprint density at radius 2 is 0.554 bits per heavy atom. The zero-order valence-electron chi connectivity index (χ0n) is 37.8. The van der Waals surface area contributed by atoms with Crippen LogP contribution in [0.25, 0.3) is 0 Å². The number of hydrogen-bond donors (Lipinski definition) is 4. The maximum atomic E-state index is 14.6. The number of carbonyl (C=O) groups excluding carboxylic acids is 4. The maximum Gasteiger partial charge on any atom is 0.310 e. The summed E-state index contributed by atoms with van der Waals surface area (Å²) in [4.78, 5) is 57.3. The molecule has 4 aliphatic heterocycles. The van der Waals surface area contributed by atoms with Crippen molar-refractivity contribution in [3.8, 4) is 0 Å². The molecule has 0 amide bonds. The first-order valence-corrected chi connectivity index (χ1v) is 21.1. The van der Waals surface area contributed by atoms with Gasteiger partial charge in [-0.05, 0) is 111 Å². The summed E-state index contributed by atoms with van der Waals surface area (Å²) in [7, 11) is 0. The molecule has 4 aliphatic rings. The molecule has 0 aromatic carbocycles. The van der Waals surface area contributed by atoms with E-state index in [0.717, 1.165) is 0 Å². The zero-order chi connectivity index (χ0) is 42.5. The molecule has 1 unspecified atom stereocenters. The normalized spacial score (nSPS) is 27.9. The second kappa shape index (κ2) is 16.1. The summed E-state index contributed by atoms with van der Waals surface area (Å²) in [6, 6.07) is 0. The lowest BCUT2D eigenvalue weighted by molar-refractivity contribution is -0.178. The van der Waals surface area contributed by atoms with Gasteiger partial charge in [0, 0.05) is 95.7 Å². The lowest BCUT2D eigenvalue weighted by Crippen LogP contribution is -2.60. The van der Waals surface area contributed by atoms with E-state index in [4.69, 9.17) is 18.9 Å². The molecule has 4 heterocycles. The van der Waals surface area contributed by atoms with E-state index in [1.807, 2.05) is 0 Å². The second-order valence-corrected chi connectivity index (χ2v) is 23.2. The largest absolute Gasteiger partial charge is 0.462 e. The lowest BCUT2D eigenvalue weighted by Gasteiger charge is -2.47. The SMILES string of the molecule is CC1(C)CC(OC(=O)CC(C(=O)OC2CC(C)(C)NC(C)(C)C2)[C@@H](CC(=O)OC2CC(C)(C)NC(C)(C)C2)C(=O)OC2CC(C)(C)NC(C)(C)C2)CC(C)(C)N1. The van der Waals surface area contributed by atoms with Crippen LogP contribution in [0, 0.1) is 11.8 Å². The van der Waals surface area contributed by atoms with E-state index in [1.165, 1.54) is 0 Å². The fraction of sp³-hybridized carbons (Fsp3) is 0.909.